The molecule has 150 valence electrons. The maximum Gasteiger partial charge on any atom is 0.338 e. The van der Waals surface area contributed by atoms with Crippen molar-refractivity contribution in [3.8, 4) is 0 Å². The lowest BCUT2D eigenvalue weighted by Gasteiger charge is -2.33. The van der Waals surface area contributed by atoms with Crippen molar-refractivity contribution < 1.29 is 28.4 Å². The zero-order chi connectivity index (χ0) is 20.6. The molecule has 0 spiro atoms. The van der Waals surface area contributed by atoms with Crippen LogP contribution < -0.4 is 0 Å². The quantitative estimate of drug-likeness (QED) is 0.424. The Labute approximate surface area is 166 Å². The van der Waals surface area contributed by atoms with Crippen LogP contribution in [0.1, 0.15) is 48.2 Å². The lowest BCUT2D eigenvalue weighted by Crippen LogP contribution is -2.28. The van der Waals surface area contributed by atoms with Gasteiger partial charge in [-0.2, -0.15) is 0 Å². The molecule has 0 unspecified atom stereocenters. The molecule has 8 heteroatoms. The second kappa shape index (κ2) is 7.20. The second-order valence-corrected chi connectivity index (χ2v) is 7.48. The lowest BCUT2D eigenvalue weighted by atomic mass is 9.68. The fraction of sp³-hybridized carbons (Fsp3) is 0.333. The fourth-order valence-electron chi connectivity index (χ4n) is 4.25. The van der Waals surface area contributed by atoms with Crippen molar-refractivity contribution in [2.45, 2.75) is 32.3 Å². The minimum atomic E-state index is -0.674. The molecule has 8 nitrogen and oxygen atoms in total. The number of benzene rings is 1. The fourth-order valence-corrected chi connectivity index (χ4v) is 4.25. The van der Waals surface area contributed by atoms with Crippen LogP contribution in [0.15, 0.2) is 58.4 Å². The van der Waals surface area contributed by atoms with Gasteiger partial charge in [0.15, 0.2) is 0 Å². The number of hydrogen-bond donors (Lipinski definition) is 0. The number of carbonyl (C=O) groups is 2. The highest BCUT2D eigenvalue weighted by atomic mass is 16.6. The van der Waals surface area contributed by atoms with E-state index in [0.29, 0.717) is 12.0 Å². The van der Waals surface area contributed by atoms with Crippen LogP contribution in [0.4, 0.5) is 5.69 Å². The van der Waals surface area contributed by atoms with Gasteiger partial charge in [0.2, 0.25) is 0 Å². The van der Waals surface area contributed by atoms with E-state index in [2.05, 4.69) is 0 Å². The molecule has 0 N–H and O–H groups in total. The SMILES string of the molecule is C[C@@]12CCCC(COC(=O)c3cccc([N+](=O)[O-])c3)=C1C(=O)O[C@H]2c1ccoc1. The predicted octanol–water partition coefficient (Wildman–Crippen LogP) is 4.13. The maximum atomic E-state index is 12.6. The van der Waals surface area contributed by atoms with E-state index in [-0.39, 0.29) is 17.9 Å². The van der Waals surface area contributed by atoms with Gasteiger partial charge in [0.05, 0.1) is 23.0 Å². The average Bonchev–Trinajstić information content (AvgIpc) is 3.32. The number of hydrogen-bond acceptors (Lipinski definition) is 7. The third kappa shape index (κ3) is 3.30. The van der Waals surface area contributed by atoms with Crippen molar-refractivity contribution in [2.75, 3.05) is 6.61 Å². The molecule has 2 heterocycles. The highest BCUT2D eigenvalue weighted by Gasteiger charge is 2.53. The highest BCUT2D eigenvalue weighted by Crippen LogP contribution is 2.56. The first-order chi connectivity index (χ1) is 13.9. The van der Waals surface area contributed by atoms with Gasteiger partial charge in [0.1, 0.15) is 12.7 Å². The Bertz CT molecular complexity index is 1010. The number of esters is 2. The topological polar surface area (TPSA) is 109 Å². The summed E-state index contributed by atoms with van der Waals surface area (Å²) < 4.78 is 16.2. The molecule has 29 heavy (non-hydrogen) atoms. The van der Waals surface area contributed by atoms with Gasteiger partial charge in [0.25, 0.3) is 5.69 Å². The molecule has 1 aromatic heterocycles. The van der Waals surface area contributed by atoms with Gasteiger partial charge in [-0.15, -0.1) is 0 Å². The van der Waals surface area contributed by atoms with Crippen LogP contribution >= 0.6 is 0 Å². The molecule has 1 aliphatic heterocycles. The maximum absolute atomic E-state index is 12.6. The zero-order valence-corrected chi connectivity index (χ0v) is 15.8. The molecule has 1 aromatic carbocycles. The first kappa shape index (κ1) is 18.9. The molecule has 1 aliphatic carbocycles. The van der Waals surface area contributed by atoms with Crippen LogP contribution in [-0.2, 0) is 14.3 Å². The van der Waals surface area contributed by atoms with E-state index in [1.807, 2.05) is 6.92 Å². The number of nitro groups is 1. The molecule has 0 bridgehead atoms. The van der Waals surface area contributed by atoms with Crippen molar-refractivity contribution in [1.29, 1.82) is 0 Å². The molecule has 0 saturated carbocycles. The Hall–Kier alpha value is -3.42. The molecule has 2 aliphatic rings. The minimum Gasteiger partial charge on any atom is -0.472 e. The summed E-state index contributed by atoms with van der Waals surface area (Å²) in [5.41, 5.74) is 1.47. The van der Waals surface area contributed by atoms with E-state index in [0.717, 1.165) is 24.0 Å². The molecule has 2 aromatic rings. The summed E-state index contributed by atoms with van der Waals surface area (Å²) in [5, 5.41) is 10.9. The van der Waals surface area contributed by atoms with Gasteiger partial charge < -0.3 is 13.9 Å². The summed E-state index contributed by atoms with van der Waals surface area (Å²) >= 11 is 0. The van der Waals surface area contributed by atoms with Gasteiger partial charge in [-0.25, -0.2) is 9.59 Å². The number of carbonyl (C=O) groups excluding carboxylic acids is 2. The van der Waals surface area contributed by atoms with E-state index in [1.165, 1.54) is 24.3 Å². The van der Waals surface area contributed by atoms with Gasteiger partial charge in [-0.1, -0.05) is 13.0 Å². The van der Waals surface area contributed by atoms with Gasteiger partial charge in [0, 0.05) is 28.7 Å². The number of ether oxygens (including phenoxy) is 2. The summed E-state index contributed by atoms with van der Waals surface area (Å²) in [6.45, 7) is 1.92. The standard InChI is InChI=1S/C21H19NO7/c1-21-8-3-5-14(17(21)20(24)29-18(21)15-7-9-27-11-15)12-28-19(23)13-4-2-6-16(10-13)22(25)26/h2,4,6-7,9-11,18H,3,5,8,12H2,1H3/t18-,21+/m0/s1. The molecule has 2 atom stereocenters. The molecular weight excluding hydrogens is 378 g/mol. The third-order valence-corrected chi connectivity index (χ3v) is 5.62. The number of furan rings is 1. The Morgan fingerprint density at radius 2 is 2.21 bits per heavy atom. The number of fused-ring (bicyclic) bond motifs is 1. The van der Waals surface area contributed by atoms with E-state index in [4.69, 9.17) is 13.9 Å². The van der Waals surface area contributed by atoms with Crippen molar-refractivity contribution in [2.24, 2.45) is 5.41 Å². The molecule has 4 rings (SSSR count). The molecular formula is C21H19NO7. The average molecular weight is 397 g/mol. The number of nitrogens with zero attached hydrogens (tertiary/aromatic N) is 1. The second-order valence-electron chi connectivity index (χ2n) is 7.48. The lowest BCUT2D eigenvalue weighted by molar-refractivity contribution is -0.384. The van der Waals surface area contributed by atoms with E-state index >= 15 is 0 Å². The number of rotatable bonds is 5. The summed E-state index contributed by atoms with van der Waals surface area (Å²) in [4.78, 5) is 35.3. The van der Waals surface area contributed by atoms with Crippen LogP contribution in [0.2, 0.25) is 0 Å². The van der Waals surface area contributed by atoms with Gasteiger partial charge in [-0.05, 0) is 37.0 Å². The Morgan fingerprint density at radius 1 is 1.38 bits per heavy atom. The van der Waals surface area contributed by atoms with E-state index in [9.17, 15) is 19.7 Å². The number of nitro benzene ring substituents is 1. The van der Waals surface area contributed by atoms with Gasteiger partial charge in [-0.3, -0.25) is 10.1 Å². The van der Waals surface area contributed by atoms with E-state index in [1.54, 1.807) is 18.6 Å². The van der Waals surface area contributed by atoms with Crippen LogP contribution in [0.5, 0.6) is 0 Å². The third-order valence-electron chi connectivity index (χ3n) is 5.62. The molecule has 1 saturated heterocycles. The highest BCUT2D eigenvalue weighted by molar-refractivity contribution is 5.94. The number of cyclic esters (lactones) is 1. The first-order valence-corrected chi connectivity index (χ1v) is 9.27. The predicted molar refractivity (Wildman–Crippen MR) is 99.9 cm³/mol. The van der Waals surface area contributed by atoms with Crippen molar-refractivity contribution in [3.63, 3.8) is 0 Å². The van der Waals surface area contributed by atoms with E-state index < -0.39 is 28.4 Å². The van der Waals surface area contributed by atoms with Crippen molar-refractivity contribution >= 4 is 17.6 Å². The number of non-ortho nitro benzene ring substituents is 1. The van der Waals surface area contributed by atoms with Crippen LogP contribution in [0, 0.1) is 15.5 Å². The smallest absolute Gasteiger partial charge is 0.338 e. The van der Waals surface area contributed by atoms with Crippen LogP contribution in [-0.4, -0.2) is 23.5 Å². The van der Waals surface area contributed by atoms with Crippen LogP contribution in [0.25, 0.3) is 0 Å². The van der Waals surface area contributed by atoms with Crippen molar-refractivity contribution in [1.82, 2.24) is 0 Å². The normalized spacial score (nSPS) is 23.5. The largest absolute Gasteiger partial charge is 0.472 e. The summed E-state index contributed by atoms with van der Waals surface area (Å²) in [5.74, 6) is -1.08. The molecule has 1 fully saturated rings. The molecule has 0 amide bonds. The van der Waals surface area contributed by atoms with Gasteiger partial charge >= 0.3 is 11.9 Å². The zero-order valence-electron chi connectivity index (χ0n) is 15.8. The Balaban J connectivity index is 1.56. The van der Waals surface area contributed by atoms with Crippen molar-refractivity contribution in [3.05, 3.63) is 75.2 Å². The minimum absolute atomic E-state index is 0.0559. The summed E-state index contributed by atoms with van der Waals surface area (Å²) in [6, 6.07) is 7.14. The van der Waals surface area contributed by atoms with Crippen LogP contribution in [0.3, 0.4) is 0 Å². The molecule has 0 radical (unpaired) electrons. The monoisotopic (exact) mass is 397 g/mol. The first-order valence-electron chi connectivity index (χ1n) is 9.27. The summed E-state index contributed by atoms with van der Waals surface area (Å²) in [7, 11) is 0. The summed E-state index contributed by atoms with van der Waals surface area (Å²) in [6.07, 6.45) is 4.90. The Morgan fingerprint density at radius 3 is 2.93 bits per heavy atom. The Kier molecular flexibility index (Phi) is 4.70.